The van der Waals surface area contributed by atoms with Gasteiger partial charge in [0, 0.05) is 37.2 Å². The van der Waals surface area contributed by atoms with E-state index in [1.54, 1.807) is 0 Å². The van der Waals surface area contributed by atoms with Gasteiger partial charge < -0.3 is 9.80 Å². The Morgan fingerprint density at radius 2 is 1.50 bits per heavy atom. The summed E-state index contributed by atoms with van der Waals surface area (Å²) in [5.74, 6) is 0.232. The van der Waals surface area contributed by atoms with Gasteiger partial charge in [-0.2, -0.15) is 0 Å². The topological polar surface area (TPSA) is 40.6 Å². The van der Waals surface area contributed by atoms with Gasteiger partial charge in [0.2, 0.25) is 5.91 Å². The zero-order valence-electron chi connectivity index (χ0n) is 14.3. The third-order valence-corrected chi connectivity index (χ3v) is 4.12. The van der Waals surface area contributed by atoms with Crippen LogP contribution in [0.25, 0.3) is 0 Å². The second kappa shape index (κ2) is 6.11. The zero-order valence-corrected chi connectivity index (χ0v) is 14.3. The lowest BCUT2D eigenvalue weighted by atomic mass is 9.94. The third-order valence-electron chi connectivity index (χ3n) is 4.12. The summed E-state index contributed by atoms with van der Waals surface area (Å²) in [6, 6.07) is 5.96. The molecular formula is C18H26N2O2. The van der Waals surface area contributed by atoms with Crippen LogP contribution in [0.5, 0.6) is 0 Å². The number of nitrogens with zero attached hydrogens (tertiary/aromatic N) is 2. The van der Waals surface area contributed by atoms with Crippen molar-refractivity contribution in [3.8, 4) is 0 Å². The summed E-state index contributed by atoms with van der Waals surface area (Å²) in [5.41, 5.74) is 2.51. The molecule has 22 heavy (non-hydrogen) atoms. The molecule has 0 aliphatic carbocycles. The Balaban J connectivity index is 2.04. The van der Waals surface area contributed by atoms with E-state index in [4.69, 9.17) is 0 Å². The number of rotatable bonds is 1. The molecule has 0 unspecified atom stereocenters. The predicted octanol–water partition coefficient (Wildman–Crippen LogP) is 2.63. The van der Waals surface area contributed by atoms with E-state index in [1.807, 2.05) is 62.6 Å². The number of piperazine rings is 1. The smallest absolute Gasteiger partial charge is 0.254 e. The van der Waals surface area contributed by atoms with Crippen molar-refractivity contribution in [2.45, 2.75) is 34.6 Å². The first-order valence-electron chi connectivity index (χ1n) is 7.86. The van der Waals surface area contributed by atoms with Crippen molar-refractivity contribution in [1.82, 2.24) is 9.80 Å². The zero-order chi connectivity index (χ0) is 16.5. The lowest BCUT2D eigenvalue weighted by molar-refractivity contribution is -0.140. The number of hydrogen-bond donors (Lipinski definition) is 0. The summed E-state index contributed by atoms with van der Waals surface area (Å²) in [7, 11) is 0. The second-order valence-electron chi connectivity index (χ2n) is 7.15. The molecule has 0 N–H and O–H groups in total. The normalized spacial score (nSPS) is 15.9. The highest BCUT2D eigenvalue weighted by Crippen LogP contribution is 2.20. The van der Waals surface area contributed by atoms with Crippen molar-refractivity contribution in [2.24, 2.45) is 5.41 Å². The minimum atomic E-state index is -0.362. The Kier molecular flexibility index (Phi) is 4.59. The highest BCUT2D eigenvalue weighted by Gasteiger charge is 2.31. The summed E-state index contributed by atoms with van der Waals surface area (Å²) in [5, 5.41) is 0. The average Bonchev–Trinajstić information content (AvgIpc) is 2.47. The molecule has 1 saturated heterocycles. The van der Waals surface area contributed by atoms with Gasteiger partial charge in [0.15, 0.2) is 0 Å². The van der Waals surface area contributed by atoms with Crippen LogP contribution in [0.2, 0.25) is 0 Å². The van der Waals surface area contributed by atoms with E-state index in [9.17, 15) is 9.59 Å². The monoisotopic (exact) mass is 302 g/mol. The van der Waals surface area contributed by atoms with Crippen LogP contribution in [0.4, 0.5) is 0 Å². The summed E-state index contributed by atoms with van der Waals surface area (Å²) in [4.78, 5) is 28.7. The largest absolute Gasteiger partial charge is 0.339 e. The Morgan fingerprint density at radius 3 is 2.05 bits per heavy atom. The molecule has 1 fully saturated rings. The van der Waals surface area contributed by atoms with E-state index in [-0.39, 0.29) is 17.2 Å². The van der Waals surface area contributed by atoms with Crippen molar-refractivity contribution in [2.75, 3.05) is 26.2 Å². The van der Waals surface area contributed by atoms with Gasteiger partial charge in [-0.1, -0.05) is 38.5 Å². The highest BCUT2D eigenvalue weighted by molar-refractivity contribution is 5.96. The maximum absolute atomic E-state index is 12.7. The fourth-order valence-corrected chi connectivity index (χ4v) is 2.72. The SMILES string of the molecule is Cc1ccc(C)c(C(=O)N2CCN(C(=O)C(C)(C)C)CC2)c1. The lowest BCUT2D eigenvalue weighted by Gasteiger charge is -2.37. The van der Waals surface area contributed by atoms with Crippen molar-refractivity contribution < 1.29 is 9.59 Å². The Morgan fingerprint density at radius 1 is 0.955 bits per heavy atom. The third kappa shape index (κ3) is 3.49. The molecule has 4 nitrogen and oxygen atoms in total. The number of aryl methyl sites for hydroxylation is 2. The van der Waals surface area contributed by atoms with E-state index in [0.717, 1.165) is 16.7 Å². The minimum Gasteiger partial charge on any atom is -0.339 e. The van der Waals surface area contributed by atoms with Crippen LogP contribution in [-0.4, -0.2) is 47.8 Å². The molecular weight excluding hydrogens is 276 g/mol. The number of benzene rings is 1. The van der Waals surface area contributed by atoms with E-state index in [2.05, 4.69) is 0 Å². The van der Waals surface area contributed by atoms with Gasteiger partial charge in [-0.05, 0) is 25.5 Å². The van der Waals surface area contributed by atoms with Gasteiger partial charge in [0.1, 0.15) is 0 Å². The van der Waals surface area contributed by atoms with Gasteiger partial charge in [-0.15, -0.1) is 0 Å². The van der Waals surface area contributed by atoms with Gasteiger partial charge in [0.05, 0.1) is 0 Å². The molecule has 0 spiro atoms. The van der Waals surface area contributed by atoms with Gasteiger partial charge in [0.25, 0.3) is 5.91 Å². The Labute approximate surface area is 133 Å². The first-order chi connectivity index (χ1) is 10.2. The molecule has 1 heterocycles. The van der Waals surface area contributed by atoms with Crippen LogP contribution in [-0.2, 0) is 4.79 Å². The van der Waals surface area contributed by atoms with Crippen molar-refractivity contribution in [3.05, 3.63) is 34.9 Å². The van der Waals surface area contributed by atoms with Gasteiger partial charge in [-0.3, -0.25) is 9.59 Å². The van der Waals surface area contributed by atoms with Crippen LogP contribution >= 0.6 is 0 Å². The molecule has 0 atom stereocenters. The fraction of sp³-hybridized carbons (Fsp3) is 0.556. The molecule has 0 aromatic heterocycles. The molecule has 1 aromatic carbocycles. The summed E-state index contributed by atoms with van der Waals surface area (Å²) < 4.78 is 0. The Bertz CT molecular complexity index is 579. The molecule has 0 radical (unpaired) electrons. The molecule has 4 heteroatoms. The average molecular weight is 302 g/mol. The maximum atomic E-state index is 12.7. The number of amides is 2. The standard InChI is InChI=1S/C18H26N2O2/c1-13-6-7-14(2)15(12-13)16(21)19-8-10-20(11-9-19)17(22)18(3,4)5/h6-7,12H,8-11H2,1-5H3. The molecule has 0 saturated carbocycles. The molecule has 0 bridgehead atoms. The van der Waals surface area contributed by atoms with Crippen LogP contribution in [0.15, 0.2) is 18.2 Å². The molecule has 1 aliphatic rings. The summed E-state index contributed by atoms with van der Waals surface area (Å²) in [6.45, 7) is 12.2. The molecule has 2 amide bonds. The quantitative estimate of drug-likeness (QED) is 0.800. The predicted molar refractivity (Wildman–Crippen MR) is 87.9 cm³/mol. The summed E-state index contributed by atoms with van der Waals surface area (Å²) >= 11 is 0. The highest BCUT2D eigenvalue weighted by atomic mass is 16.2. The van der Waals surface area contributed by atoms with Crippen LogP contribution in [0.1, 0.15) is 42.3 Å². The summed E-state index contributed by atoms with van der Waals surface area (Å²) in [6.07, 6.45) is 0. The number of carbonyl (C=O) groups excluding carboxylic acids is 2. The van der Waals surface area contributed by atoms with E-state index < -0.39 is 0 Å². The van der Waals surface area contributed by atoms with Crippen LogP contribution in [0, 0.1) is 19.3 Å². The Hall–Kier alpha value is -1.84. The molecule has 1 aliphatic heterocycles. The fourth-order valence-electron chi connectivity index (χ4n) is 2.72. The molecule has 1 aromatic rings. The van der Waals surface area contributed by atoms with Crippen molar-refractivity contribution in [1.29, 1.82) is 0 Å². The number of hydrogen-bond acceptors (Lipinski definition) is 2. The molecule has 2 rings (SSSR count). The van der Waals surface area contributed by atoms with Gasteiger partial charge in [-0.25, -0.2) is 0 Å². The molecule has 120 valence electrons. The maximum Gasteiger partial charge on any atom is 0.254 e. The van der Waals surface area contributed by atoms with E-state index >= 15 is 0 Å². The van der Waals surface area contributed by atoms with E-state index in [1.165, 1.54) is 0 Å². The van der Waals surface area contributed by atoms with Crippen LogP contribution < -0.4 is 0 Å². The van der Waals surface area contributed by atoms with Crippen LogP contribution in [0.3, 0.4) is 0 Å². The first kappa shape index (κ1) is 16.5. The van der Waals surface area contributed by atoms with E-state index in [0.29, 0.717) is 26.2 Å². The first-order valence-corrected chi connectivity index (χ1v) is 7.86. The lowest BCUT2D eigenvalue weighted by Crippen LogP contribution is -2.53. The minimum absolute atomic E-state index is 0.0732. The van der Waals surface area contributed by atoms with Crippen molar-refractivity contribution in [3.63, 3.8) is 0 Å². The number of carbonyl (C=O) groups is 2. The van der Waals surface area contributed by atoms with Crippen molar-refractivity contribution >= 4 is 11.8 Å². The van der Waals surface area contributed by atoms with Gasteiger partial charge >= 0.3 is 0 Å². The second-order valence-corrected chi connectivity index (χ2v) is 7.15.